The van der Waals surface area contributed by atoms with E-state index in [1.165, 1.54) is 0 Å². The quantitative estimate of drug-likeness (QED) is 0.629. The van der Waals surface area contributed by atoms with E-state index in [1.807, 2.05) is 6.92 Å². The highest BCUT2D eigenvalue weighted by molar-refractivity contribution is 5.02. The predicted octanol–water partition coefficient (Wildman–Crippen LogP) is 0.0340. The van der Waals surface area contributed by atoms with Crippen molar-refractivity contribution in [2.45, 2.75) is 31.4 Å². The minimum absolute atomic E-state index is 0.149. The molecule has 0 aliphatic heterocycles. The largest absolute Gasteiger partial charge is 0.378 e. The van der Waals surface area contributed by atoms with Crippen LogP contribution in [0, 0.1) is 0 Å². The molecule has 0 spiro atoms. The van der Waals surface area contributed by atoms with Crippen LogP contribution in [0.2, 0.25) is 0 Å². The lowest BCUT2D eigenvalue weighted by Gasteiger charge is -2.47. The SMILES string of the molecule is CCOC1CC(CN)(NCCN(C)C)C1. The lowest BCUT2D eigenvalue weighted by molar-refractivity contribution is -0.0476. The number of ether oxygens (including phenoxy) is 1. The van der Waals surface area contributed by atoms with Crippen LogP contribution in [0.15, 0.2) is 0 Å². The van der Waals surface area contributed by atoms with E-state index in [0.717, 1.165) is 32.5 Å². The monoisotopic (exact) mass is 215 g/mol. The van der Waals surface area contributed by atoms with Gasteiger partial charge in [0, 0.05) is 31.8 Å². The predicted molar refractivity (Wildman–Crippen MR) is 63.0 cm³/mol. The molecule has 1 aliphatic rings. The van der Waals surface area contributed by atoms with E-state index in [4.69, 9.17) is 10.5 Å². The maximum Gasteiger partial charge on any atom is 0.0611 e. The third-order valence-corrected chi connectivity index (χ3v) is 3.09. The Hall–Kier alpha value is -0.160. The first-order valence-electron chi connectivity index (χ1n) is 5.83. The summed E-state index contributed by atoms with van der Waals surface area (Å²) in [4.78, 5) is 2.18. The first-order valence-corrected chi connectivity index (χ1v) is 5.83. The van der Waals surface area contributed by atoms with Gasteiger partial charge in [-0.2, -0.15) is 0 Å². The number of nitrogens with one attached hydrogen (secondary N) is 1. The molecule has 0 amide bonds. The molecule has 0 bridgehead atoms. The molecule has 0 aromatic carbocycles. The number of hydrogen-bond acceptors (Lipinski definition) is 4. The van der Waals surface area contributed by atoms with E-state index >= 15 is 0 Å². The maximum atomic E-state index is 5.81. The van der Waals surface area contributed by atoms with Gasteiger partial charge in [-0.1, -0.05) is 0 Å². The van der Waals surface area contributed by atoms with Crippen molar-refractivity contribution in [3.8, 4) is 0 Å². The Kier molecular flexibility index (Phi) is 4.99. The Morgan fingerprint density at radius 3 is 2.60 bits per heavy atom. The third kappa shape index (κ3) is 3.72. The summed E-state index contributed by atoms with van der Waals surface area (Å²) in [5.41, 5.74) is 5.96. The first kappa shape index (κ1) is 12.9. The van der Waals surface area contributed by atoms with E-state index in [2.05, 4.69) is 24.3 Å². The van der Waals surface area contributed by atoms with Crippen molar-refractivity contribution in [3.05, 3.63) is 0 Å². The van der Waals surface area contributed by atoms with E-state index < -0.39 is 0 Å². The topological polar surface area (TPSA) is 50.5 Å². The third-order valence-electron chi connectivity index (χ3n) is 3.09. The highest BCUT2D eigenvalue weighted by atomic mass is 16.5. The summed E-state index contributed by atoms with van der Waals surface area (Å²) < 4.78 is 5.56. The highest BCUT2D eigenvalue weighted by Crippen LogP contribution is 2.33. The second-order valence-electron chi connectivity index (χ2n) is 4.70. The average Bonchev–Trinajstić information content (AvgIpc) is 2.13. The Balaban J connectivity index is 2.20. The van der Waals surface area contributed by atoms with Gasteiger partial charge in [0.05, 0.1) is 6.10 Å². The van der Waals surface area contributed by atoms with Crippen molar-refractivity contribution in [1.29, 1.82) is 0 Å². The Bertz CT molecular complexity index is 179. The van der Waals surface area contributed by atoms with Crippen molar-refractivity contribution in [2.24, 2.45) is 5.73 Å². The summed E-state index contributed by atoms with van der Waals surface area (Å²) in [5, 5.41) is 3.56. The number of nitrogens with zero attached hydrogens (tertiary/aromatic N) is 1. The van der Waals surface area contributed by atoms with Gasteiger partial charge < -0.3 is 20.7 Å². The van der Waals surface area contributed by atoms with Gasteiger partial charge in [0.25, 0.3) is 0 Å². The summed E-state index contributed by atoms with van der Waals surface area (Å²) in [6.07, 6.45) is 2.54. The molecule has 1 fully saturated rings. The summed E-state index contributed by atoms with van der Waals surface area (Å²) in [7, 11) is 4.17. The number of rotatable bonds is 7. The van der Waals surface area contributed by atoms with Crippen molar-refractivity contribution in [3.63, 3.8) is 0 Å². The second kappa shape index (κ2) is 5.80. The number of nitrogens with two attached hydrogens (primary N) is 1. The molecule has 0 unspecified atom stereocenters. The fourth-order valence-corrected chi connectivity index (χ4v) is 2.09. The number of hydrogen-bond donors (Lipinski definition) is 2. The summed E-state index contributed by atoms with van der Waals surface area (Å²) in [6.45, 7) is 5.62. The standard InChI is InChI=1S/C11H25N3O/c1-4-15-10-7-11(8-10,9-12)13-5-6-14(2)3/h10,13H,4-9,12H2,1-3H3. The summed E-state index contributed by atoms with van der Waals surface area (Å²) in [6, 6.07) is 0. The van der Waals surface area contributed by atoms with Crippen LogP contribution >= 0.6 is 0 Å². The van der Waals surface area contributed by atoms with E-state index in [0.29, 0.717) is 12.6 Å². The molecule has 1 aliphatic carbocycles. The van der Waals surface area contributed by atoms with E-state index in [-0.39, 0.29) is 5.54 Å². The highest BCUT2D eigenvalue weighted by Gasteiger charge is 2.43. The molecule has 0 saturated heterocycles. The molecular weight excluding hydrogens is 190 g/mol. The van der Waals surface area contributed by atoms with Crippen molar-refractivity contribution in [2.75, 3.05) is 40.3 Å². The molecule has 0 heterocycles. The van der Waals surface area contributed by atoms with Crippen LogP contribution in [-0.4, -0.2) is 56.9 Å². The number of likely N-dealkylation sites (N-methyl/N-ethyl adjacent to an activating group) is 1. The molecular formula is C11H25N3O. The van der Waals surface area contributed by atoms with Crippen LogP contribution in [-0.2, 0) is 4.74 Å². The second-order valence-corrected chi connectivity index (χ2v) is 4.70. The molecule has 90 valence electrons. The fourth-order valence-electron chi connectivity index (χ4n) is 2.09. The van der Waals surface area contributed by atoms with Crippen LogP contribution < -0.4 is 11.1 Å². The maximum absolute atomic E-state index is 5.81. The smallest absolute Gasteiger partial charge is 0.0611 e. The Labute approximate surface area is 93.1 Å². The van der Waals surface area contributed by atoms with E-state index in [9.17, 15) is 0 Å². The molecule has 1 saturated carbocycles. The van der Waals surface area contributed by atoms with Crippen LogP contribution in [0.5, 0.6) is 0 Å². The minimum atomic E-state index is 0.149. The summed E-state index contributed by atoms with van der Waals surface area (Å²) in [5.74, 6) is 0. The van der Waals surface area contributed by atoms with Gasteiger partial charge >= 0.3 is 0 Å². The van der Waals surface area contributed by atoms with Crippen LogP contribution in [0.3, 0.4) is 0 Å². The average molecular weight is 215 g/mol. The molecule has 4 nitrogen and oxygen atoms in total. The van der Waals surface area contributed by atoms with Gasteiger partial charge in [0.15, 0.2) is 0 Å². The molecule has 0 aromatic rings. The van der Waals surface area contributed by atoms with E-state index in [1.54, 1.807) is 0 Å². The van der Waals surface area contributed by atoms with Gasteiger partial charge in [-0.15, -0.1) is 0 Å². The Morgan fingerprint density at radius 1 is 1.47 bits per heavy atom. The van der Waals surface area contributed by atoms with Crippen molar-refractivity contribution < 1.29 is 4.74 Å². The zero-order valence-electron chi connectivity index (χ0n) is 10.3. The van der Waals surface area contributed by atoms with Gasteiger partial charge in [-0.25, -0.2) is 0 Å². The van der Waals surface area contributed by atoms with Gasteiger partial charge in [-0.3, -0.25) is 0 Å². The lowest BCUT2D eigenvalue weighted by Crippen LogP contribution is -2.63. The molecule has 15 heavy (non-hydrogen) atoms. The minimum Gasteiger partial charge on any atom is -0.378 e. The fraction of sp³-hybridized carbons (Fsp3) is 1.00. The van der Waals surface area contributed by atoms with Gasteiger partial charge in [0.2, 0.25) is 0 Å². The normalized spacial score (nSPS) is 30.6. The molecule has 4 heteroatoms. The lowest BCUT2D eigenvalue weighted by atomic mass is 9.74. The van der Waals surface area contributed by atoms with Crippen LogP contribution in [0.4, 0.5) is 0 Å². The van der Waals surface area contributed by atoms with Crippen LogP contribution in [0.1, 0.15) is 19.8 Å². The molecule has 0 aromatic heterocycles. The first-order chi connectivity index (χ1) is 7.12. The zero-order valence-corrected chi connectivity index (χ0v) is 10.3. The van der Waals surface area contributed by atoms with Crippen molar-refractivity contribution in [1.82, 2.24) is 10.2 Å². The van der Waals surface area contributed by atoms with Gasteiger partial charge in [0.1, 0.15) is 0 Å². The van der Waals surface area contributed by atoms with Gasteiger partial charge in [-0.05, 0) is 33.9 Å². The zero-order chi connectivity index (χ0) is 11.3. The van der Waals surface area contributed by atoms with Crippen LogP contribution in [0.25, 0.3) is 0 Å². The molecule has 1 rings (SSSR count). The molecule has 3 N–H and O–H groups in total. The van der Waals surface area contributed by atoms with Crippen molar-refractivity contribution >= 4 is 0 Å². The molecule has 0 atom stereocenters. The molecule has 0 radical (unpaired) electrons. The summed E-state index contributed by atoms with van der Waals surface area (Å²) >= 11 is 0. The Morgan fingerprint density at radius 2 is 2.13 bits per heavy atom.